The minimum atomic E-state index is -2.92. The summed E-state index contributed by atoms with van der Waals surface area (Å²) in [5.41, 5.74) is 6.12. The highest BCUT2D eigenvalue weighted by Crippen LogP contribution is 2.29. The van der Waals surface area contributed by atoms with E-state index >= 15 is 0 Å². The highest BCUT2D eigenvalue weighted by Gasteiger charge is 2.12. The van der Waals surface area contributed by atoms with E-state index in [1.165, 1.54) is 25.3 Å². The summed E-state index contributed by atoms with van der Waals surface area (Å²) in [5.74, 6) is 0.196. The number of amidine groups is 1. The first kappa shape index (κ1) is 14.0. The zero-order chi connectivity index (χ0) is 13.5. The van der Waals surface area contributed by atoms with Crippen LogP contribution in [-0.4, -0.2) is 26.2 Å². The highest BCUT2D eigenvalue weighted by molar-refractivity contribution is 5.97. The number of ether oxygens (including phenoxy) is 2. The van der Waals surface area contributed by atoms with Crippen LogP contribution in [0.2, 0.25) is 0 Å². The van der Waals surface area contributed by atoms with Gasteiger partial charge >= 0.3 is 6.61 Å². The summed E-state index contributed by atoms with van der Waals surface area (Å²) in [6.07, 6.45) is 0. The van der Waals surface area contributed by atoms with Gasteiger partial charge in [-0.3, -0.25) is 0 Å². The normalized spacial score (nSPS) is 11.5. The van der Waals surface area contributed by atoms with Gasteiger partial charge in [0.25, 0.3) is 0 Å². The summed E-state index contributed by atoms with van der Waals surface area (Å²) in [5, 5.41) is 3.63. The Morgan fingerprint density at radius 1 is 1.39 bits per heavy atom. The minimum Gasteiger partial charge on any atom is -0.493 e. The molecule has 0 saturated carbocycles. The van der Waals surface area contributed by atoms with Gasteiger partial charge in [-0.05, 0) is 25.1 Å². The van der Waals surface area contributed by atoms with Gasteiger partial charge in [0.15, 0.2) is 17.3 Å². The van der Waals surface area contributed by atoms with Crippen molar-refractivity contribution >= 4 is 5.84 Å². The molecule has 0 fully saturated rings. The Morgan fingerprint density at radius 3 is 2.67 bits per heavy atom. The van der Waals surface area contributed by atoms with Crippen LogP contribution in [-0.2, 0) is 4.84 Å². The van der Waals surface area contributed by atoms with Crippen molar-refractivity contribution in [2.24, 2.45) is 10.9 Å². The standard InChI is InChI=1S/C11H14F2N2O3/c1-3-17-15-10(14)7-4-5-8(18-11(12)13)9(6-7)16-2/h4-6,11H,3H2,1-2H3,(H2,14,15). The van der Waals surface area contributed by atoms with Gasteiger partial charge in [-0.2, -0.15) is 8.78 Å². The molecule has 0 bridgehead atoms. The largest absolute Gasteiger partial charge is 0.493 e. The van der Waals surface area contributed by atoms with Crippen LogP contribution in [0.1, 0.15) is 12.5 Å². The molecule has 0 aromatic heterocycles. The summed E-state index contributed by atoms with van der Waals surface area (Å²) < 4.78 is 33.4. The summed E-state index contributed by atoms with van der Waals surface area (Å²) in [6, 6.07) is 4.25. The molecule has 0 heterocycles. The second-order valence-corrected chi connectivity index (χ2v) is 3.14. The fourth-order valence-electron chi connectivity index (χ4n) is 1.21. The first-order valence-corrected chi connectivity index (χ1v) is 5.17. The van der Waals surface area contributed by atoms with Crippen molar-refractivity contribution < 1.29 is 23.1 Å². The topological polar surface area (TPSA) is 66.1 Å². The summed E-state index contributed by atoms with van der Waals surface area (Å²) >= 11 is 0. The molecule has 1 rings (SSSR count). The molecule has 7 heteroatoms. The third-order valence-corrected chi connectivity index (χ3v) is 1.97. The molecular formula is C11H14F2N2O3. The van der Waals surface area contributed by atoms with Crippen LogP contribution >= 0.6 is 0 Å². The lowest BCUT2D eigenvalue weighted by atomic mass is 10.2. The van der Waals surface area contributed by atoms with Crippen LogP contribution in [0.4, 0.5) is 8.78 Å². The summed E-state index contributed by atoms with van der Waals surface area (Å²) in [4.78, 5) is 4.79. The molecule has 18 heavy (non-hydrogen) atoms. The maximum absolute atomic E-state index is 12.1. The van der Waals surface area contributed by atoms with E-state index in [-0.39, 0.29) is 17.3 Å². The Bertz CT molecular complexity index is 425. The third-order valence-electron chi connectivity index (χ3n) is 1.97. The second-order valence-electron chi connectivity index (χ2n) is 3.14. The van der Waals surface area contributed by atoms with Gasteiger partial charge in [0.2, 0.25) is 0 Å². The van der Waals surface area contributed by atoms with Crippen LogP contribution in [0.5, 0.6) is 11.5 Å². The molecule has 1 aromatic carbocycles. The lowest BCUT2D eigenvalue weighted by molar-refractivity contribution is -0.0512. The maximum Gasteiger partial charge on any atom is 0.387 e. The molecule has 2 N–H and O–H groups in total. The minimum absolute atomic E-state index is 0.0690. The van der Waals surface area contributed by atoms with Crippen LogP contribution < -0.4 is 15.2 Å². The van der Waals surface area contributed by atoms with E-state index in [1.807, 2.05) is 0 Å². The van der Waals surface area contributed by atoms with Crippen LogP contribution in [0.3, 0.4) is 0 Å². The molecule has 0 aliphatic heterocycles. The Kier molecular flexibility index (Phi) is 5.16. The number of hydrogen-bond donors (Lipinski definition) is 1. The fraction of sp³-hybridized carbons (Fsp3) is 0.364. The second kappa shape index (κ2) is 6.63. The Morgan fingerprint density at radius 2 is 2.11 bits per heavy atom. The average Bonchev–Trinajstić information content (AvgIpc) is 2.35. The van der Waals surface area contributed by atoms with Gasteiger partial charge in [0.1, 0.15) is 6.61 Å². The molecule has 0 aliphatic rings. The number of methoxy groups -OCH3 is 1. The number of rotatable bonds is 6. The zero-order valence-corrected chi connectivity index (χ0v) is 10.0. The molecule has 100 valence electrons. The van der Waals surface area contributed by atoms with Gasteiger partial charge in [0, 0.05) is 5.56 Å². The Labute approximate surface area is 103 Å². The maximum atomic E-state index is 12.1. The van der Waals surface area contributed by atoms with Gasteiger partial charge in [0.05, 0.1) is 7.11 Å². The Hall–Kier alpha value is -2.05. The van der Waals surface area contributed by atoms with Crippen molar-refractivity contribution in [3.8, 4) is 11.5 Å². The lowest BCUT2D eigenvalue weighted by Gasteiger charge is -2.11. The van der Waals surface area contributed by atoms with Crippen molar-refractivity contribution in [2.75, 3.05) is 13.7 Å². The van der Waals surface area contributed by atoms with Gasteiger partial charge < -0.3 is 20.0 Å². The summed E-state index contributed by atoms with van der Waals surface area (Å²) in [6.45, 7) is -0.777. The van der Waals surface area contributed by atoms with Gasteiger partial charge in [-0.25, -0.2) is 0 Å². The van der Waals surface area contributed by atoms with Crippen molar-refractivity contribution in [1.82, 2.24) is 0 Å². The SMILES string of the molecule is CCO/N=C(\N)c1ccc(OC(F)F)c(OC)c1. The molecule has 0 saturated heterocycles. The number of hydrogen-bond acceptors (Lipinski definition) is 4. The summed E-state index contributed by atoms with van der Waals surface area (Å²) in [7, 11) is 1.34. The van der Waals surface area contributed by atoms with Gasteiger partial charge in [-0.1, -0.05) is 5.16 Å². The first-order chi connectivity index (χ1) is 8.58. The molecular weight excluding hydrogens is 246 g/mol. The monoisotopic (exact) mass is 260 g/mol. The highest BCUT2D eigenvalue weighted by atomic mass is 19.3. The first-order valence-electron chi connectivity index (χ1n) is 5.17. The third kappa shape index (κ3) is 3.76. The molecule has 5 nitrogen and oxygen atoms in total. The van der Waals surface area contributed by atoms with E-state index < -0.39 is 6.61 Å². The average molecular weight is 260 g/mol. The quantitative estimate of drug-likeness (QED) is 0.482. The van der Waals surface area contributed by atoms with Crippen molar-refractivity contribution in [3.63, 3.8) is 0 Å². The fourth-order valence-corrected chi connectivity index (χ4v) is 1.21. The molecule has 0 amide bonds. The molecule has 0 radical (unpaired) electrons. The number of benzene rings is 1. The van der Waals surface area contributed by atoms with E-state index in [1.54, 1.807) is 6.92 Å². The molecule has 0 unspecified atom stereocenters. The van der Waals surface area contributed by atoms with Crippen LogP contribution in [0.15, 0.2) is 23.4 Å². The van der Waals surface area contributed by atoms with Crippen molar-refractivity contribution in [1.29, 1.82) is 0 Å². The zero-order valence-electron chi connectivity index (χ0n) is 10.0. The lowest BCUT2D eigenvalue weighted by Crippen LogP contribution is -2.14. The van der Waals surface area contributed by atoms with E-state index in [0.29, 0.717) is 12.2 Å². The number of alkyl halides is 2. The number of halogens is 2. The van der Waals surface area contributed by atoms with Crippen molar-refractivity contribution in [3.05, 3.63) is 23.8 Å². The van der Waals surface area contributed by atoms with E-state index in [9.17, 15) is 8.78 Å². The predicted molar refractivity (Wildman–Crippen MR) is 62.0 cm³/mol. The van der Waals surface area contributed by atoms with E-state index in [2.05, 4.69) is 9.89 Å². The van der Waals surface area contributed by atoms with Crippen LogP contribution in [0, 0.1) is 0 Å². The number of nitrogens with two attached hydrogens (primary N) is 1. The molecule has 0 spiro atoms. The molecule has 1 aromatic rings. The predicted octanol–water partition coefficient (Wildman–Crippen LogP) is 1.95. The Balaban J connectivity index is 2.97. The number of nitrogens with zero attached hydrogens (tertiary/aromatic N) is 1. The van der Waals surface area contributed by atoms with Crippen LogP contribution in [0.25, 0.3) is 0 Å². The van der Waals surface area contributed by atoms with Crippen molar-refractivity contribution in [2.45, 2.75) is 13.5 Å². The smallest absolute Gasteiger partial charge is 0.387 e. The van der Waals surface area contributed by atoms with E-state index in [4.69, 9.17) is 15.3 Å². The molecule has 0 atom stereocenters. The van der Waals surface area contributed by atoms with E-state index in [0.717, 1.165) is 0 Å². The number of oxime groups is 1. The van der Waals surface area contributed by atoms with Gasteiger partial charge in [-0.15, -0.1) is 0 Å². The molecule has 0 aliphatic carbocycles.